The van der Waals surface area contributed by atoms with Crippen LogP contribution in [-0.4, -0.2) is 32.2 Å². The maximum absolute atomic E-state index is 13.4. The predicted molar refractivity (Wildman–Crippen MR) is 143 cm³/mol. The summed E-state index contributed by atoms with van der Waals surface area (Å²) < 4.78 is 3.97. The highest BCUT2D eigenvalue weighted by molar-refractivity contribution is 9.10. The Morgan fingerprint density at radius 3 is 2.38 bits per heavy atom. The lowest BCUT2D eigenvalue weighted by Gasteiger charge is -2.27. The summed E-state index contributed by atoms with van der Waals surface area (Å²) in [4.78, 5) is 57.7. The Balaban J connectivity index is 1.63. The molecule has 1 aliphatic rings. The average Bonchev–Trinajstić information content (AvgIpc) is 3.11. The van der Waals surface area contributed by atoms with Crippen LogP contribution >= 0.6 is 15.9 Å². The van der Waals surface area contributed by atoms with Gasteiger partial charge in [-0.15, -0.1) is 0 Å². The number of halogens is 1. The number of benzene rings is 2. The first kappa shape index (κ1) is 24.4. The molecule has 1 N–H and O–H groups in total. The van der Waals surface area contributed by atoms with Crippen LogP contribution in [0.4, 0.5) is 10.5 Å². The lowest BCUT2D eigenvalue weighted by molar-refractivity contribution is -0.122. The van der Waals surface area contributed by atoms with Gasteiger partial charge in [-0.1, -0.05) is 28.1 Å². The van der Waals surface area contributed by atoms with E-state index in [2.05, 4.69) is 26.2 Å². The molecule has 4 aromatic rings. The van der Waals surface area contributed by atoms with Crippen molar-refractivity contribution < 1.29 is 14.4 Å². The molecule has 37 heavy (non-hydrogen) atoms. The maximum Gasteiger partial charge on any atom is 0.335 e. The van der Waals surface area contributed by atoms with E-state index < -0.39 is 17.8 Å². The quantitative estimate of drug-likeness (QED) is 0.299. The third-order valence-electron chi connectivity index (χ3n) is 6.35. The zero-order valence-electron chi connectivity index (χ0n) is 20.5. The number of barbiturate groups is 1. The first-order chi connectivity index (χ1) is 17.6. The molecule has 4 amide bonds. The molecule has 3 heterocycles. The van der Waals surface area contributed by atoms with Crippen molar-refractivity contribution in [2.45, 2.75) is 27.7 Å². The Kier molecular flexibility index (Phi) is 5.91. The minimum Gasteiger partial charge on any atom is -0.273 e. The molecule has 0 aliphatic carbocycles. The number of carbonyl (C=O) groups is 3. The van der Waals surface area contributed by atoms with E-state index in [9.17, 15) is 19.2 Å². The molecule has 0 spiro atoms. The molecule has 9 nitrogen and oxygen atoms in total. The molecule has 0 bridgehead atoms. The van der Waals surface area contributed by atoms with E-state index in [4.69, 9.17) is 0 Å². The number of aryl methyl sites for hydroxylation is 3. The Bertz CT molecular complexity index is 1750. The molecule has 2 aromatic heterocycles. The normalized spacial score (nSPS) is 15.1. The number of hydrogen-bond acceptors (Lipinski definition) is 5. The van der Waals surface area contributed by atoms with Crippen molar-refractivity contribution in [3.05, 3.63) is 97.3 Å². The fourth-order valence-electron chi connectivity index (χ4n) is 4.60. The van der Waals surface area contributed by atoms with Gasteiger partial charge in [-0.25, -0.2) is 14.7 Å². The molecule has 1 saturated heterocycles. The monoisotopic (exact) mass is 559 g/mol. The van der Waals surface area contributed by atoms with Gasteiger partial charge in [-0.05, 0) is 81.3 Å². The van der Waals surface area contributed by atoms with Crippen molar-refractivity contribution in [2.75, 3.05) is 4.90 Å². The molecule has 1 fully saturated rings. The SMILES string of the molecule is Cc1cc(Br)ccc1N1C(=O)NC(=O)C(=Cc2cc(C)n(-n3c(C)nc4ccccc4c3=O)c2C)C1=O. The van der Waals surface area contributed by atoms with Crippen LogP contribution in [0.15, 0.2) is 63.4 Å². The molecule has 0 saturated carbocycles. The van der Waals surface area contributed by atoms with Gasteiger partial charge in [0.05, 0.1) is 16.6 Å². The zero-order chi connectivity index (χ0) is 26.6. The molecule has 186 valence electrons. The number of nitrogens with zero attached hydrogens (tertiary/aromatic N) is 4. The molecule has 0 atom stereocenters. The van der Waals surface area contributed by atoms with E-state index >= 15 is 0 Å². The third kappa shape index (κ3) is 3.99. The second-order valence-electron chi connectivity index (χ2n) is 8.82. The van der Waals surface area contributed by atoms with Gasteiger partial charge in [-0.2, -0.15) is 4.68 Å². The van der Waals surface area contributed by atoms with Gasteiger partial charge in [0.15, 0.2) is 0 Å². The highest BCUT2D eigenvalue weighted by atomic mass is 79.9. The van der Waals surface area contributed by atoms with Crippen LogP contribution in [0.3, 0.4) is 0 Å². The van der Waals surface area contributed by atoms with E-state index in [1.807, 2.05) is 13.0 Å². The maximum atomic E-state index is 13.4. The van der Waals surface area contributed by atoms with E-state index in [-0.39, 0.29) is 11.1 Å². The summed E-state index contributed by atoms with van der Waals surface area (Å²) in [7, 11) is 0. The van der Waals surface area contributed by atoms with Crippen molar-refractivity contribution in [1.29, 1.82) is 0 Å². The van der Waals surface area contributed by atoms with E-state index in [0.717, 1.165) is 9.37 Å². The first-order valence-corrected chi connectivity index (χ1v) is 12.2. The van der Waals surface area contributed by atoms with Gasteiger partial charge in [0.2, 0.25) is 0 Å². The number of imide groups is 2. The Morgan fingerprint density at radius 1 is 0.919 bits per heavy atom. The smallest absolute Gasteiger partial charge is 0.273 e. The van der Waals surface area contributed by atoms with Crippen LogP contribution in [0.25, 0.3) is 17.0 Å². The van der Waals surface area contributed by atoms with Crippen LogP contribution in [0.1, 0.15) is 28.3 Å². The molecule has 0 radical (unpaired) electrons. The van der Waals surface area contributed by atoms with Crippen molar-refractivity contribution in [2.24, 2.45) is 0 Å². The summed E-state index contributed by atoms with van der Waals surface area (Å²) in [6.45, 7) is 7.12. The van der Waals surface area contributed by atoms with E-state index in [0.29, 0.717) is 44.9 Å². The predicted octanol–water partition coefficient (Wildman–Crippen LogP) is 4.17. The summed E-state index contributed by atoms with van der Waals surface area (Å²) in [5.41, 5.74) is 3.10. The molecule has 1 aliphatic heterocycles. The van der Waals surface area contributed by atoms with Gasteiger partial charge in [0, 0.05) is 15.9 Å². The second-order valence-corrected chi connectivity index (χ2v) is 9.74. The van der Waals surface area contributed by atoms with Crippen molar-refractivity contribution in [3.8, 4) is 0 Å². The molecule has 2 aromatic carbocycles. The minimum absolute atomic E-state index is 0.192. The highest BCUT2D eigenvalue weighted by Gasteiger charge is 2.37. The minimum atomic E-state index is -0.813. The third-order valence-corrected chi connectivity index (χ3v) is 6.84. The van der Waals surface area contributed by atoms with Gasteiger partial charge in [0.1, 0.15) is 11.4 Å². The second kappa shape index (κ2) is 8.97. The standard InChI is InChI=1S/C27H22BrN5O4/c1-14-11-19(28)9-10-23(14)31-25(35)21(24(34)30-27(31)37)13-18-12-15(2)32(16(18)3)33-17(4)29-22-8-6-5-7-20(22)26(33)36/h5-13H,1-4H3,(H,30,34,37). The number of amides is 4. The Morgan fingerprint density at radius 2 is 1.65 bits per heavy atom. The fraction of sp³-hybridized carbons (Fsp3) is 0.148. The fourth-order valence-corrected chi connectivity index (χ4v) is 5.08. The summed E-state index contributed by atoms with van der Waals surface area (Å²) in [5, 5.41) is 2.73. The highest BCUT2D eigenvalue weighted by Crippen LogP contribution is 2.28. The number of rotatable bonds is 3. The van der Waals surface area contributed by atoms with Gasteiger partial charge in [0.25, 0.3) is 17.4 Å². The number of urea groups is 1. The lowest BCUT2D eigenvalue weighted by atomic mass is 10.1. The largest absolute Gasteiger partial charge is 0.335 e. The van der Waals surface area contributed by atoms with Gasteiger partial charge >= 0.3 is 6.03 Å². The van der Waals surface area contributed by atoms with E-state index in [1.165, 1.54) is 10.8 Å². The van der Waals surface area contributed by atoms with Gasteiger partial charge in [-0.3, -0.25) is 24.4 Å². The number of para-hydroxylation sites is 1. The van der Waals surface area contributed by atoms with Crippen LogP contribution in [-0.2, 0) is 9.59 Å². The number of hydrogen-bond donors (Lipinski definition) is 1. The van der Waals surface area contributed by atoms with Crippen molar-refractivity contribution in [3.63, 3.8) is 0 Å². The Hall–Kier alpha value is -4.31. The summed E-state index contributed by atoms with van der Waals surface area (Å²) in [6, 6.07) is 13.2. The summed E-state index contributed by atoms with van der Waals surface area (Å²) in [5.74, 6) is -1.03. The van der Waals surface area contributed by atoms with Crippen LogP contribution in [0.5, 0.6) is 0 Å². The number of fused-ring (bicyclic) bond motifs is 1. The first-order valence-electron chi connectivity index (χ1n) is 11.4. The molecular formula is C27H22BrN5O4. The van der Waals surface area contributed by atoms with E-state index in [1.54, 1.807) is 67.9 Å². The Labute approximate surface area is 220 Å². The van der Waals surface area contributed by atoms with Crippen LogP contribution in [0.2, 0.25) is 0 Å². The number of aromatic nitrogens is 3. The van der Waals surface area contributed by atoms with Crippen molar-refractivity contribution >= 4 is 56.4 Å². The van der Waals surface area contributed by atoms with Crippen molar-refractivity contribution in [1.82, 2.24) is 19.7 Å². The van der Waals surface area contributed by atoms with Crippen LogP contribution in [0, 0.1) is 27.7 Å². The van der Waals surface area contributed by atoms with Crippen LogP contribution < -0.4 is 15.8 Å². The lowest BCUT2D eigenvalue weighted by Crippen LogP contribution is -2.54. The molecule has 10 heteroatoms. The van der Waals surface area contributed by atoms with Gasteiger partial charge < -0.3 is 0 Å². The zero-order valence-corrected chi connectivity index (χ0v) is 22.1. The topological polar surface area (TPSA) is 106 Å². The summed E-state index contributed by atoms with van der Waals surface area (Å²) >= 11 is 3.38. The molecule has 0 unspecified atom stereocenters. The number of nitrogens with one attached hydrogen (secondary N) is 1. The summed E-state index contributed by atoms with van der Waals surface area (Å²) in [6.07, 6.45) is 1.44. The number of anilines is 1. The average molecular weight is 560 g/mol. The number of carbonyl (C=O) groups excluding carboxylic acids is 3. The molecule has 5 rings (SSSR count). The molecular weight excluding hydrogens is 538 g/mol.